The third kappa shape index (κ3) is 3.84. The Bertz CT molecular complexity index is 630. The Kier molecular flexibility index (Phi) is 4.67. The minimum atomic E-state index is -4.92. The summed E-state index contributed by atoms with van der Waals surface area (Å²) in [5.74, 6) is -1.52. The summed E-state index contributed by atoms with van der Waals surface area (Å²) in [7, 11) is -4.68. The highest BCUT2D eigenvalue weighted by Crippen LogP contribution is 2.35. The predicted octanol–water partition coefficient (Wildman–Crippen LogP) is 2.11. The van der Waals surface area contributed by atoms with Gasteiger partial charge in [0, 0.05) is 5.02 Å². The first-order valence-electron chi connectivity index (χ1n) is 5.07. The van der Waals surface area contributed by atoms with Crippen LogP contribution >= 0.6 is 11.6 Å². The molecular formula is C10H9ClF3NO4S. The largest absolute Gasteiger partial charge is 0.480 e. The predicted molar refractivity (Wildman–Crippen MR) is 63.9 cm³/mol. The molecule has 0 radical (unpaired) electrons. The molecule has 0 saturated heterocycles. The van der Waals surface area contributed by atoms with Crippen molar-refractivity contribution in [3.63, 3.8) is 0 Å². The second-order valence-corrected chi connectivity index (χ2v) is 5.94. The quantitative estimate of drug-likeness (QED) is 0.885. The Morgan fingerprint density at radius 3 is 2.40 bits per heavy atom. The number of hydrogen-bond donors (Lipinski definition) is 2. The molecule has 0 amide bonds. The van der Waals surface area contributed by atoms with E-state index in [0.717, 1.165) is 13.0 Å². The van der Waals surface area contributed by atoms with E-state index in [1.54, 1.807) is 4.72 Å². The van der Waals surface area contributed by atoms with Gasteiger partial charge >= 0.3 is 12.1 Å². The van der Waals surface area contributed by atoms with E-state index in [1.165, 1.54) is 0 Å². The van der Waals surface area contributed by atoms with Crippen LogP contribution in [-0.2, 0) is 21.0 Å². The van der Waals surface area contributed by atoms with Gasteiger partial charge < -0.3 is 5.11 Å². The van der Waals surface area contributed by atoms with E-state index in [1.807, 2.05) is 0 Å². The molecule has 20 heavy (non-hydrogen) atoms. The monoisotopic (exact) mass is 331 g/mol. The molecule has 0 aliphatic heterocycles. The molecule has 112 valence electrons. The van der Waals surface area contributed by atoms with Crippen molar-refractivity contribution < 1.29 is 31.5 Å². The van der Waals surface area contributed by atoms with Crippen LogP contribution in [0, 0.1) is 0 Å². The molecule has 0 fully saturated rings. The molecule has 1 rings (SSSR count). The van der Waals surface area contributed by atoms with E-state index in [-0.39, 0.29) is 5.02 Å². The third-order valence-electron chi connectivity index (χ3n) is 2.24. The van der Waals surface area contributed by atoms with Gasteiger partial charge in [0.15, 0.2) is 0 Å². The summed E-state index contributed by atoms with van der Waals surface area (Å²) in [5, 5.41) is 8.38. The van der Waals surface area contributed by atoms with Gasteiger partial charge in [-0.2, -0.15) is 17.9 Å². The summed E-state index contributed by atoms with van der Waals surface area (Å²) in [6.45, 7) is 0.984. The fourth-order valence-electron chi connectivity index (χ4n) is 1.30. The first-order valence-corrected chi connectivity index (χ1v) is 6.93. The Labute approximate surface area is 117 Å². The second-order valence-electron chi connectivity index (χ2n) is 3.82. The first kappa shape index (κ1) is 16.7. The third-order valence-corrected chi connectivity index (χ3v) is 4.06. The molecule has 1 aromatic carbocycles. The van der Waals surface area contributed by atoms with E-state index < -0.39 is 38.7 Å². The van der Waals surface area contributed by atoms with Crippen LogP contribution in [0.3, 0.4) is 0 Å². The number of alkyl halides is 3. The van der Waals surface area contributed by atoms with Gasteiger partial charge in [-0.1, -0.05) is 11.6 Å². The first-order chi connectivity index (χ1) is 8.95. The summed E-state index contributed by atoms with van der Waals surface area (Å²) >= 11 is 5.50. The van der Waals surface area contributed by atoms with Crippen LogP contribution < -0.4 is 4.72 Å². The number of rotatable bonds is 4. The maximum atomic E-state index is 12.8. The van der Waals surface area contributed by atoms with Gasteiger partial charge in [0.2, 0.25) is 10.0 Å². The zero-order valence-corrected chi connectivity index (χ0v) is 11.5. The summed E-state index contributed by atoms with van der Waals surface area (Å²) < 4.78 is 63.6. The van der Waals surface area contributed by atoms with Gasteiger partial charge in [-0.25, -0.2) is 8.42 Å². The fourth-order valence-corrected chi connectivity index (χ4v) is 2.98. The summed E-state index contributed by atoms with van der Waals surface area (Å²) in [6.07, 6.45) is -4.92. The van der Waals surface area contributed by atoms with Gasteiger partial charge in [0.05, 0.1) is 10.5 Å². The number of carboxylic acid groups (broad SMARTS) is 1. The lowest BCUT2D eigenvalue weighted by Crippen LogP contribution is -2.39. The summed E-state index contributed by atoms with van der Waals surface area (Å²) in [4.78, 5) is 9.46. The van der Waals surface area contributed by atoms with Gasteiger partial charge in [0.1, 0.15) is 6.04 Å². The lowest BCUT2D eigenvalue weighted by molar-refractivity contribution is -0.140. The minimum Gasteiger partial charge on any atom is -0.480 e. The Balaban J connectivity index is 3.38. The summed E-state index contributed by atoms with van der Waals surface area (Å²) in [5.41, 5.74) is -1.42. The lowest BCUT2D eigenvalue weighted by Gasteiger charge is -2.15. The van der Waals surface area contributed by atoms with E-state index >= 15 is 0 Å². The smallest absolute Gasteiger partial charge is 0.417 e. The highest BCUT2D eigenvalue weighted by atomic mass is 35.5. The number of benzene rings is 1. The lowest BCUT2D eigenvalue weighted by atomic mass is 10.2. The molecule has 5 nitrogen and oxygen atoms in total. The van der Waals surface area contributed by atoms with Gasteiger partial charge in [0.25, 0.3) is 0 Å². The minimum absolute atomic E-state index is 0.221. The van der Waals surface area contributed by atoms with Crippen molar-refractivity contribution in [2.75, 3.05) is 0 Å². The van der Waals surface area contributed by atoms with Crippen molar-refractivity contribution in [1.82, 2.24) is 4.72 Å². The number of halogens is 4. The molecule has 1 aromatic rings. The number of sulfonamides is 1. The van der Waals surface area contributed by atoms with E-state index in [2.05, 4.69) is 0 Å². The molecule has 2 N–H and O–H groups in total. The van der Waals surface area contributed by atoms with Crippen LogP contribution in [0.5, 0.6) is 0 Å². The highest BCUT2D eigenvalue weighted by molar-refractivity contribution is 7.89. The summed E-state index contributed by atoms with van der Waals surface area (Å²) in [6, 6.07) is 0.438. The maximum absolute atomic E-state index is 12.8. The van der Waals surface area contributed by atoms with Gasteiger partial charge in [-0.05, 0) is 25.1 Å². The highest BCUT2D eigenvalue weighted by Gasteiger charge is 2.38. The van der Waals surface area contributed by atoms with E-state index in [9.17, 15) is 26.4 Å². The van der Waals surface area contributed by atoms with Crippen LogP contribution in [0.25, 0.3) is 0 Å². The molecule has 0 aromatic heterocycles. The molecule has 0 aliphatic carbocycles. The Morgan fingerprint density at radius 2 is 1.95 bits per heavy atom. The Morgan fingerprint density at radius 1 is 1.40 bits per heavy atom. The Hall–Kier alpha value is -1.32. The van der Waals surface area contributed by atoms with Crippen molar-refractivity contribution >= 4 is 27.6 Å². The molecule has 0 spiro atoms. The number of nitrogens with one attached hydrogen (secondary N) is 1. The number of hydrogen-bond acceptors (Lipinski definition) is 3. The molecule has 10 heteroatoms. The van der Waals surface area contributed by atoms with Crippen LogP contribution in [0.15, 0.2) is 23.1 Å². The molecule has 1 unspecified atom stereocenters. The molecule has 1 atom stereocenters. The van der Waals surface area contributed by atoms with Crippen LogP contribution in [0.2, 0.25) is 5.02 Å². The number of aliphatic carboxylic acids is 1. The van der Waals surface area contributed by atoms with Gasteiger partial charge in [-0.15, -0.1) is 0 Å². The van der Waals surface area contributed by atoms with Crippen molar-refractivity contribution in [3.05, 3.63) is 28.8 Å². The van der Waals surface area contributed by atoms with Crippen LogP contribution in [0.4, 0.5) is 13.2 Å². The zero-order chi connectivity index (χ0) is 15.7. The molecular weight excluding hydrogens is 323 g/mol. The standard InChI is InChI=1S/C10H9ClF3NO4S/c1-5(9(16)17)15-20(18,19)8-4-6(11)2-3-7(8)10(12,13)14/h2-5,15H,1H3,(H,16,17). The molecule has 0 saturated carbocycles. The fraction of sp³-hybridized carbons (Fsp3) is 0.300. The zero-order valence-electron chi connectivity index (χ0n) is 9.90. The molecule has 0 heterocycles. The SMILES string of the molecule is CC(NS(=O)(=O)c1cc(Cl)ccc1C(F)(F)F)C(=O)O. The number of carboxylic acids is 1. The van der Waals surface area contributed by atoms with Crippen molar-refractivity contribution in [3.8, 4) is 0 Å². The molecule has 0 bridgehead atoms. The van der Waals surface area contributed by atoms with Crippen molar-refractivity contribution in [2.45, 2.75) is 24.0 Å². The second kappa shape index (κ2) is 5.58. The van der Waals surface area contributed by atoms with Crippen molar-refractivity contribution in [1.29, 1.82) is 0 Å². The van der Waals surface area contributed by atoms with Crippen molar-refractivity contribution in [2.24, 2.45) is 0 Å². The normalized spacial score (nSPS) is 14.1. The van der Waals surface area contributed by atoms with E-state index in [0.29, 0.717) is 12.1 Å². The van der Waals surface area contributed by atoms with Crippen LogP contribution in [0.1, 0.15) is 12.5 Å². The van der Waals surface area contributed by atoms with Crippen LogP contribution in [-0.4, -0.2) is 25.5 Å². The average molecular weight is 332 g/mol. The van der Waals surface area contributed by atoms with E-state index in [4.69, 9.17) is 16.7 Å². The number of carbonyl (C=O) groups is 1. The van der Waals surface area contributed by atoms with Gasteiger partial charge in [-0.3, -0.25) is 4.79 Å². The maximum Gasteiger partial charge on any atom is 0.417 e. The molecule has 0 aliphatic rings. The topological polar surface area (TPSA) is 83.5 Å². The average Bonchev–Trinajstić information content (AvgIpc) is 2.26.